The fourth-order valence-electron chi connectivity index (χ4n) is 3.11. The van der Waals surface area contributed by atoms with Crippen molar-refractivity contribution in [1.82, 2.24) is 10.2 Å². The van der Waals surface area contributed by atoms with E-state index in [0.29, 0.717) is 5.92 Å². The maximum absolute atomic E-state index is 12.3. The molecule has 22 heavy (non-hydrogen) atoms. The molecular formula is C18H28N2O2. The highest BCUT2D eigenvalue weighted by Crippen LogP contribution is 2.30. The molecule has 0 unspecified atom stereocenters. The van der Waals surface area contributed by atoms with Crippen LogP contribution >= 0.6 is 0 Å². The number of carbonyl (C=O) groups excluding carboxylic acids is 1. The van der Waals surface area contributed by atoms with E-state index in [9.17, 15) is 4.79 Å². The summed E-state index contributed by atoms with van der Waals surface area (Å²) in [4.78, 5) is 14.1. The van der Waals surface area contributed by atoms with E-state index in [0.717, 1.165) is 25.9 Å². The minimum atomic E-state index is -0.439. The quantitative estimate of drug-likeness (QED) is 0.928. The Hall–Kier alpha value is -1.55. The molecule has 1 aromatic rings. The van der Waals surface area contributed by atoms with Gasteiger partial charge in [0.25, 0.3) is 0 Å². The molecule has 2 rings (SSSR count). The van der Waals surface area contributed by atoms with Gasteiger partial charge in [0.05, 0.1) is 0 Å². The number of hydrogen-bond donors (Lipinski definition) is 1. The second-order valence-electron chi connectivity index (χ2n) is 7.01. The summed E-state index contributed by atoms with van der Waals surface area (Å²) in [5.74, 6) is 0.411. The number of carbonyl (C=O) groups is 1. The molecule has 4 heteroatoms. The first-order chi connectivity index (χ1) is 10.4. The van der Waals surface area contributed by atoms with Crippen molar-refractivity contribution in [3.63, 3.8) is 0 Å². The highest BCUT2D eigenvalue weighted by molar-refractivity contribution is 5.68. The maximum Gasteiger partial charge on any atom is 0.410 e. The van der Waals surface area contributed by atoms with E-state index in [1.54, 1.807) is 0 Å². The molecule has 1 amide bonds. The van der Waals surface area contributed by atoms with Crippen LogP contribution < -0.4 is 5.32 Å². The van der Waals surface area contributed by atoms with Crippen LogP contribution in [0.1, 0.15) is 45.2 Å². The third kappa shape index (κ3) is 4.47. The van der Waals surface area contributed by atoms with Crippen LogP contribution in [0.2, 0.25) is 0 Å². The van der Waals surface area contributed by atoms with Crippen LogP contribution in [0.4, 0.5) is 4.79 Å². The molecule has 1 aliphatic rings. The molecule has 0 spiro atoms. The first-order valence-electron chi connectivity index (χ1n) is 8.11. The summed E-state index contributed by atoms with van der Waals surface area (Å²) in [6.07, 6.45) is 1.95. The highest BCUT2D eigenvalue weighted by atomic mass is 16.6. The number of likely N-dealkylation sites (tertiary alicyclic amines) is 1. The molecule has 0 aromatic heterocycles. The van der Waals surface area contributed by atoms with E-state index in [-0.39, 0.29) is 12.1 Å². The Kier molecular flexibility index (Phi) is 5.46. The number of amides is 1. The lowest BCUT2D eigenvalue weighted by atomic mass is 9.86. The number of nitrogens with zero attached hydrogens (tertiary/aromatic N) is 1. The zero-order valence-corrected chi connectivity index (χ0v) is 14.1. The van der Waals surface area contributed by atoms with Crippen LogP contribution in [0.5, 0.6) is 0 Å². The number of piperidine rings is 1. The van der Waals surface area contributed by atoms with Crippen LogP contribution in [0.25, 0.3) is 0 Å². The van der Waals surface area contributed by atoms with E-state index in [1.165, 1.54) is 5.56 Å². The van der Waals surface area contributed by atoms with Crippen LogP contribution in [0.3, 0.4) is 0 Å². The predicted molar refractivity (Wildman–Crippen MR) is 88.8 cm³/mol. The Morgan fingerprint density at radius 2 is 2.00 bits per heavy atom. The average molecular weight is 304 g/mol. The van der Waals surface area contributed by atoms with Crippen LogP contribution in [-0.4, -0.2) is 36.7 Å². The van der Waals surface area contributed by atoms with Gasteiger partial charge in [-0.1, -0.05) is 30.3 Å². The van der Waals surface area contributed by atoms with Crippen molar-refractivity contribution in [2.75, 3.05) is 20.1 Å². The first kappa shape index (κ1) is 16.8. The third-order valence-corrected chi connectivity index (χ3v) is 4.05. The zero-order chi connectivity index (χ0) is 16.2. The summed E-state index contributed by atoms with van der Waals surface area (Å²) >= 11 is 0. The lowest BCUT2D eigenvalue weighted by Crippen LogP contribution is -2.45. The maximum atomic E-state index is 12.3. The molecular weight excluding hydrogens is 276 g/mol. The van der Waals surface area contributed by atoms with Crippen molar-refractivity contribution >= 4 is 6.09 Å². The van der Waals surface area contributed by atoms with Gasteiger partial charge in [0.15, 0.2) is 0 Å². The Labute approximate surface area is 133 Å². The molecule has 0 radical (unpaired) electrons. The van der Waals surface area contributed by atoms with Gasteiger partial charge in [-0.2, -0.15) is 0 Å². The van der Waals surface area contributed by atoms with Gasteiger partial charge in [0.1, 0.15) is 5.60 Å². The van der Waals surface area contributed by atoms with Crippen molar-refractivity contribution in [3.05, 3.63) is 35.9 Å². The van der Waals surface area contributed by atoms with Crippen molar-refractivity contribution in [2.24, 2.45) is 5.92 Å². The molecule has 0 bridgehead atoms. The molecule has 1 aliphatic heterocycles. The average Bonchev–Trinajstić information content (AvgIpc) is 2.48. The van der Waals surface area contributed by atoms with E-state index >= 15 is 0 Å². The van der Waals surface area contributed by atoms with Crippen LogP contribution in [0, 0.1) is 5.92 Å². The monoisotopic (exact) mass is 304 g/mol. The van der Waals surface area contributed by atoms with Gasteiger partial charge in [-0.3, -0.25) is 0 Å². The molecule has 1 saturated heterocycles. The lowest BCUT2D eigenvalue weighted by Gasteiger charge is -2.37. The topological polar surface area (TPSA) is 41.6 Å². The van der Waals surface area contributed by atoms with Crippen LogP contribution in [-0.2, 0) is 4.74 Å². The fourth-order valence-corrected chi connectivity index (χ4v) is 3.11. The number of benzene rings is 1. The van der Waals surface area contributed by atoms with E-state index in [4.69, 9.17) is 4.74 Å². The molecule has 4 nitrogen and oxygen atoms in total. The molecule has 1 heterocycles. The summed E-state index contributed by atoms with van der Waals surface area (Å²) in [7, 11) is 1.99. The number of hydrogen-bond acceptors (Lipinski definition) is 3. The first-order valence-corrected chi connectivity index (χ1v) is 8.11. The fraction of sp³-hybridized carbons (Fsp3) is 0.611. The van der Waals surface area contributed by atoms with E-state index in [2.05, 4.69) is 29.6 Å². The Balaban J connectivity index is 2.04. The Bertz CT molecular complexity index is 482. The van der Waals surface area contributed by atoms with Gasteiger partial charge in [-0.05, 0) is 52.1 Å². The molecule has 1 N–H and O–H groups in total. The molecule has 0 saturated carbocycles. The summed E-state index contributed by atoms with van der Waals surface area (Å²) in [6.45, 7) is 7.26. The third-order valence-electron chi connectivity index (χ3n) is 4.05. The number of ether oxygens (including phenoxy) is 1. The summed E-state index contributed by atoms with van der Waals surface area (Å²) in [5.41, 5.74) is 0.840. The smallest absolute Gasteiger partial charge is 0.410 e. The second-order valence-corrected chi connectivity index (χ2v) is 7.01. The SMILES string of the molecule is CN[C@H](c1ccccc1)[C@@H]1CCCN(C(=O)OC(C)(C)C)C1. The minimum absolute atomic E-state index is 0.194. The van der Waals surface area contributed by atoms with Crippen molar-refractivity contribution in [2.45, 2.75) is 45.3 Å². The molecule has 2 atom stereocenters. The van der Waals surface area contributed by atoms with Gasteiger partial charge in [-0.15, -0.1) is 0 Å². The largest absolute Gasteiger partial charge is 0.444 e. The number of rotatable bonds is 3. The van der Waals surface area contributed by atoms with Crippen molar-refractivity contribution in [3.8, 4) is 0 Å². The van der Waals surface area contributed by atoms with Crippen molar-refractivity contribution in [1.29, 1.82) is 0 Å². The standard InChI is InChI=1S/C18H28N2O2/c1-18(2,3)22-17(21)20-12-8-11-15(13-20)16(19-4)14-9-6-5-7-10-14/h5-7,9-10,15-16,19H,8,11-13H2,1-4H3/t15-,16-/m1/s1. The zero-order valence-electron chi connectivity index (χ0n) is 14.1. The van der Waals surface area contributed by atoms with Crippen molar-refractivity contribution < 1.29 is 9.53 Å². The molecule has 1 fully saturated rings. The summed E-state index contributed by atoms with van der Waals surface area (Å²) in [6, 6.07) is 10.7. The minimum Gasteiger partial charge on any atom is -0.444 e. The second kappa shape index (κ2) is 7.14. The Morgan fingerprint density at radius 1 is 1.32 bits per heavy atom. The van der Waals surface area contributed by atoms with Crippen LogP contribution in [0.15, 0.2) is 30.3 Å². The van der Waals surface area contributed by atoms with Gasteiger partial charge in [0, 0.05) is 19.1 Å². The van der Waals surface area contributed by atoms with Gasteiger partial charge < -0.3 is 15.0 Å². The Morgan fingerprint density at radius 3 is 2.59 bits per heavy atom. The summed E-state index contributed by atoms with van der Waals surface area (Å²) < 4.78 is 5.51. The van der Waals surface area contributed by atoms with E-state index in [1.807, 2.05) is 38.8 Å². The normalized spacial score (nSPS) is 20.5. The van der Waals surface area contributed by atoms with Gasteiger partial charge >= 0.3 is 6.09 Å². The lowest BCUT2D eigenvalue weighted by molar-refractivity contribution is 0.0145. The van der Waals surface area contributed by atoms with Gasteiger partial charge in [0.2, 0.25) is 0 Å². The predicted octanol–water partition coefficient (Wildman–Crippen LogP) is 3.59. The van der Waals surface area contributed by atoms with E-state index < -0.39 is 5.60 Å². The highest BCUT2D eigenvalue weighted by Gasteiger charge is 2.31. The molecule has 122 valence electrons. The summed E-state index contributed by atoms with van der Waals surface area (Å²) in [5, 5.41) is 3.42. The molecule has 0 aliphatic carbocycles. The molecule has 1 aromatic carbocycles. The van der Waals surface area contributed by atoms with Gasteiger partial charge in [-0.25, -0.2) is 4.79 Å². The number of nitrogens with one attached hydrogen (secondary N) is 1.